The molecule has 0 N–H and O–H groups in total. The van der Waals surface area contributed by atoms with Crippen molar-refractivity contribution in [2.45, 2.75) is 25.8 Å². The van der Waals surface area contributed by atoms with Gasteiger partial charge in [0.25, 0.3) is 0 Å². The van der Waals surface area contributed by atoms with Gasteiger partial charge in [0.05, 0.1) is 13.7 Å². The summed E-state index contributed by atoms with van der Waals surface area (Å²) in [5.74, 6) is 1.59. The molecule has 0 saturated heterocycles. The molecule has 0 fully saturated rings. The summed E-state index contributed by atoms with van der Waals surface area (Å²) in [5, 5.41) is 2.24. The van der Waals surface area contributed by atoms with Gasteiger partial charge in [0.15, 0.2) is 0 Å². The molecule has 0 aliphatic carbocycles. The Balaban J connectivity index is 0.00000380. The Hall–Kier alpha value is -1.93. The molecule has 3 aromatic carbocycles. The third-order valence-electron chi connectivity index (χ3n) is 5.57. The SMILES string of the molecule is COc1ccc(OCCn2cc[n+](CC(OCc3ccc(Cl)cc3Cl)c3ccc(Cl)cc3Cl)c2)cc1.[Br-]. The lowest BCUT2D eigenvalue weighted by Crippen LogP contribution is -3.00. The summed E-state index contributed by atoms with van der Waals surface area (Å²) in [6.07, 6.45) is 5.65. The monoisotopic (exact) mass is 644 g/mol. The second kappa shape index (κ2) is 14.3. The van der Waals surface area contributed by atoms with Gasteiger partial charge in [-0.05, 0) is 54.1 Å². The van der Waals surface area contributed by atoms with Crippen molar-refractivity contribution in [3.8, 4) is 11.5 Å². The van der Waals surface area contributed by atoms with Crippen LogP contribution in [0.5, 0.6) is 11.5 Å². The largest absolute Gasteiger partial charge is 1.00 e. The number of methoxy groups -OCH3 is 1. The molecular weight excluding hydrogens is 622 g/mol. The van der Waals surface area contributed by atoms with Gasteiger partial charge in [0.2, 0.25) is 6.33 Å². The number of hydrogen-bond donors (Lipinski definition) is 0. The Morgan fingerprint density at radius 3 is 2.22 bits per heavy atom. The van der Waals surface area contributed by atoms with Crippen LogP contribution in [0.2, 0.25) is 20.1 Å². The van der Waals surface area contributed by atoms with Gasteiger partial charge >= 0.3 is 0 Å². The van der Waals surface area contributed by atoms with Crippen molar-refractivity contribution in [2.75, 3.05) is 13.7 Å². The number of imidazole rings is 1. The zero-order valence-corrected chi connectivity index (χ0v) is 24.5. The van der Waals surface area contributed by atoms with Crippen molar-refractivity contribution in [1.82, 2.24) is 4.57 Å². The van der Waals surface area contributed by atoms with Gasteiger partial charge in [-0.1, -0.05) is 58.5 Å². The number of rotatable bonds is 11. The van der Waals surface area contributed by atoms with E-state index in [4.69, 9.17) is 60.6 Å². The number of halogens is 5. The number of nitrogens with zero attached hydrogens (tertiary/aromatic N) is 2. The standard InChI is InChI=1S/C27H25Cl4N2O3.BrH/c1-34-22-5-7-23(8-6-22)35-13-12-32-10-11-33(18-32)16-27(24-9-4-21(29)15-26(24)31)36-17-19-2-3-20(28)14-25(19)30;/h2-11,14-15,18,27H,12-13,16-17H2,1H3;1H/q+1;/p-1. The molecule has 5 nitrogen and oxygen atoms in total. The smallest absolute Gasteiger partial charge is 0.243 e. The lowest BCUT2D eigenvalue weighted by atomic mass is 10.1. The van der Waals surface area contributed by atoms with Gasteiger partial charge in [-0.2, -0.15) is 0 Å². The molecule has 1 aromatic heterocycles. The molecular formula is C27H25BrCl4N2O3. The predicted octanol–water partition coefficient (Wildman–Crippen LogP) is 4.44. The van der Waals surface area contributed by atoms with Crippen molar-refractivity contribution in [1.29, 1.82) is 0 Å². The van der Waals surface area contributed by atoms with E-state index in [0.29, 0.717) is 46.4 Å². The predicted molar refractivity (Wildman–Crippen MR) is 144 cm³/mol. The Bertz CT molecular complexity index is 1300. The second-order valence-electron chi connectivity index (χ2n) is 8.07. The van der Waals surface area contributed by atoms with Gasteiger partial charge in [-0.25, -0.2) is 9.13 Å². The molecule has 0 spiro atoms. The molecule has 4 rings (SSSR count). The van der Waals surface area contributed by atoms with Gasteiger partial charge in [-0.3, -0.25) is 0 Å². The molecule has 0 aliphatic heterocycles. The van der Waals surface area contributed by atoms with E-state index in [-0.39, 0.29) is 23.1 Å². The fraction of sp³-hybridized carbons (Fsp3) is 0.222. The molecule has 4 aromatic rings. The topological polar surface area (TPSA) is 36.5 Å². The van der Waals surface area contributed by atoms with E-state index in [1.54, 1.807) is 31.4 Å². The molecule has 10 heteroatoms. The van der Waals surface area contributed by atoms with Crippen molar-refractivity contribution in [3.63, 3.8) is 0 Å². The van der Waals surface area contributed by atoms with Crippen molar-refractivity contribution >= 4 is 46.4 Å². The van der Waals surface area contributed by atoms with Crippen LogP contribution in [0, 0.1) is 0 Å². The van der Waals surface area contributed by atoms with E-state index in [1.165, 1.54) is 0 Å². The van der Waals surface area contributed by atoms with E-state index in [0.717, 1.165) is 22.6 Å². The minimum absolute atomic E-state index is 0. The summed E-state index contributed by atoms with van der Waals surface area (Å²) in [6, 6.07) is 18.3. The van der Waals surface area contributed by atoms with Crippen LogP contribution < -0.4 is 31.0 Å². The van der Waals surface area contributed by atoms with Gasteiger partial charge in [0, 0.05) is 25.7 Å². The first-order chi connectivity index (χ1) is 17.4. The molecule has 1 heterocycles. The lowest BCUT2D eigenvalue weighted by Gasteiger charge is -2.19. The highest BCUT2D eigenvalue weighted by Crippen LogP contribution is 2.31. The molecule has 0 aliphatic rings. The maximum atomic E-state index is 6.53. The van der Waals surface area contributed by atoms with Crippen molar-refractivity contribution in [3.05, 3.63) is 111 Å². The van der Waals surface area contributed by atoms with E-state index in [9.17, 15) is 0 Å². The molecule has 196 valence electrons. The van der Waals surface area contributed by atoms with Crippen LogP contribution in [0.1, 0.15) is 17.2 Å². The maximum Gasteiger partial charge on any atom is 0.243 e. The first kappa shape index (κ1) is 29.6. The van der Waals surface area contributed by atoms with Gasteiger partial charge in [0.1, 0.15) is 49.7 Å². The Morgan fingerprint density at radius 2 is 1.54 bits per heavy atom. The lowest BCUT2D eigenvalue weighted by molar-refractivity contribution is -0.704. The van der Waals surface area contributed by atoms with Crippen LogP contribution in [0.15, 0.2) is 79.4 Å². The third-order valence-corrected chi connectivity index (χ3v) is 6.71. The second-order valence-corrected chi connectivity index (χ2v) is 9.76. The summed E-state index contributed by atoms with van der Waals surface area (Å²) in [5.41, 5.74) is 1.68. The first-order valence-electron chi connectivity index (χ1n) is 11.2. The normalized spacial score (nSPS) is 11.6. The molecule has 0 bridgehead atoms. The maximum absolute atomic E-state index is 6.53. The third kappa shape index (κ3) is 8.54. The molecule has 1 unspecified atom stereocenters. The molecule has 0 saturated carbocycles. The molecule has 37 heavy (non-hydrogen) atoms. The van der Waals surface area contributed by atoms with Gasteiger partial charge < -0.3 is 31.2 Å². The number of benzene rings is 3. The van der Waals surface area contributed by atoms with Crippen LogP contribution in [0.4, 0.5) is 0 Å². The first-order valence-corrected chi connectivity index (χ1v) is 12.7. The number of hydrogen-bond acceptors (Lipinski definition) is 3. The Morgan fingerprint density at radius 1 is 0.865 bits per heavy atom. The van der Waals surface area contributed by atoms with E-state index in [1.807, 2.05) is 59.7 Å². The minimum Gasteiger partial charge on any atom is -1.00 e. The summed E-state index contributed by atoms with van der Waals surface area (Å²) >= 11 is 25.0. The fourth-order valence-electron chi connectivity index (χ4n) is 3.64. The van der Waals surface area contributed by atoms with Gasteiger partial charge in [-0.15, -0.1) is 0 Å². The van der Waals surface area contributed by atoms with Crippen LogP contribution in [0.3, 0.4) is 0 Å². The van der Waals surface area contributed by atoms with E-state index >= 15 is 0 Å². The number of ether oxygens (including phenoxy) is 3. The Kier molecular flexibility index (Phi) is 11.4. The summed E-state index contributed by atoms with van der Waals surface area (Å²) in [7, 11) is 1.64. The van der Waals surface area contributed by atoms with Crippen LogP contribution >= 0.6 is 46.4 Å². The zero-order chi connectivity index (χ0) is 25.5. The quantitative estimate of drug-likeness (QED) is 0.226. The molecule has 0 radical (unpaired) electrons. The van der Waals surface area contributed by atoms with E-state index in [2.05, 4.69) is 4.57 Å². The van der Waals surface area contributed by atoms with Crippen LogP contribution in [-0.4, -0.2) is 18.3 Å². The molecule has 0 amide bonds. The molecule has 1 atom stereocenters. The Labute approximate surface area is 247 Å². The fourth-order valence-corrected chi connectivity index (χ4v) is 4.64. The summed E-state index contributed by atoms with van der Waals surface area (Å²) in [6.45, 7) is 2.06. The van der Waals surface area contributed by atoms with Crippen molar-refractivity contribution < 1.29 is 35.8 Å². The zero-order valence-electron chi connectivity index (χ0n) is 19.9. The van der Waals surface area contributed by atoms with Crippen LogP contribution in [0.25, 0.3) is 0 Å². The highest BCUT2D eigenvalue weighted by atomic mass is 79.9. The average molecular weight is 647 g/mol. The minimum atomic E-state index is -0.335. The average Bonchev–Trinajstić information content (AvgIpc) is 3.30. The van der Waals surface area contributed by atoms with E-state index < -0.39 is 0 Å². The van der Waals surface area contributed by atoms with Crippen LogP contribution in [-0.2, 0) is 24.4 Å². The van der Waals surface area contributed by atoms with Crippen molar-refractivity contribution in [2.24, 2.45) is 0 Å². The summed E-state index contributed by atoms with van der Waals surface area (Å²) in [4.78, 5) is 0. The summed E-state index contributed by atoms with van der Waals surface area (Å²) < 4.78 is 21.4. The highest BCUT2D eigenvalue weighted by Gasteiger charge is 2.20. The number of aromatic nitrogens is 2. The highest BCUT2D eigenvalue weighted by molar-refractivity contribution is 6.35.